The van der Waals surface area contributed by atoms with Crippen LogP contribution in [0.1, 0.15) is 18.1 Å². The maximum Gasteiger partial charge on any atom is 0.416 e. The van der Waals surface area contributed by atoms with Gasteiger partial charge in [0.15, 0.2) is 17.6 Å². The van der Waals surface area contributed by atoms with Gasteiger partial charge in [-0.05, 0) is 42.8 Å². The zero-order chi connectivity index (χ0) is 21.7. The van der Waals surface area contributed by atoms with E-state index in [1.54, 1.807) is 18.2 Å². The van der Waals surface area contributed by atoms with E-state index in [0.29, 0.717) is 30.4 Å². The monoisotopic (exact) mass is 421 g/mol. The summed E-state index contributed by atoms with van der Waals surface area (Å²) in [6, 6.07) is 9.34. The van der Waals surface area contributed by atoms with Gasteiger partial charge >= 0.3 is 12.1 Å². The number of hydrogen-bond acceptors (Lipinski definition) is 5. The molecule has 2 aromatic carbocycles. The van der Waals surface area contributed by atoms with Gasteiger partial charge in [0.2, 0.25) is 0 Å². The Bertz CT molecular complexity index is 971. The molecule has 9 heteroatoms. The van der Waals surface area contributed by atoms with Crippen LogP contribution in [0.2, 0.25) is 0 Å². The zero-order valence-corrected chi connectivity index (χ0v) is 15.9. The highest BCUT2D eigenvalue weighted by molar-refractivity contribution is 5.96. The van der Waals surface area contributed by atoms with Gasteiger partial charge in [-0.3, -0.25) is 4.79 Å². The molecule has 6 nitrogen and oxygen atoms in total. The molecule has 0 aromatic heterocycles. The molecule has 0 aliphatic carbocycles. The lowest BCUT2D eigenvalue weighted by molar-refractivity contribution is -0.148. The van der Waals surface area contributed by atoms with Gasteiger partial charge < -0.3 is 19.5 Å². The molecular weight excluding hydrogens is 403 g/mol. The second-order valence-corrected chi connectivity index (χ2v) is 6.38. The Labute approximate surface area is 170 Å². The molecule has 0 saturated heterocycles. The first-order chi connectivity index (χ1) is 14.2. The number of fused-ring (bicyclic) bond motifs is 1. The molecule has 2 aromatic rings. The van der Waals surface area contributed by atoms with Crippen molar-refractivity contribution in [1.82, 2.24) is 0 Å². The summed E-state index contributed by atoms with van der Waals surface area (Å²) in [5.41, 5.74) is -0.216. The maximum atomic E-state index is 12.7. The van der Waals surface area contributed by atoms with Crippen molar-refractivity contribution in [1.29, 1.82) is 0 Å². The number of alkyl halides is 3. The van der Waals surface area contributed by atoms with Gasteiger partial charge in [0.1, 0.15) is 13.2 Å². The van der Waals surface area contributed by atoms with Gasteiger partial charge in [0, 0.05) is 17.8 Å². The van der Waals surface area contributed by atoms with Crippen molar-refractivity contribution < 1.29 is 37.0 Å². The third-order valence-corrected chi connectivity index (χ3v) is 4.10. The minimum Gasteiger partial charge on any atom is -0.486 e. The van der Waals surface area contributed by atoms with Crippen molar-refractivity contribution in [2.75, 3.05) is 18.5 Å². The fourth-order valence-electron chi connectivity index (χ4n) is 2.61. The van der Waals surface area contributed by atoms with Crippen LogP contribution >= 0.6 is 0 Å². The van der Waals surface area contributed by atoms with E-state index in [4.69, 9.17) is 14.2 Å². The van der Waals surface area contributed by atoms with E-state index in [2.05, 4.69) is 5.32 Å². The number of carbonyl (C=O) groups is 2. The number of rotatable bonds is 5. The molecule has 1 N–H and O–H groups in total. The predicted octanol–water partition coefficient (Wildman–Crippen LogP) is 4.06. The van der Waals surface area contributed by atoms with E-state index >= 15 is 0 Å². The average Bonchev–Trinajstić information content (AvgIpc) is 2.71. The summed E-state index contributed by atoms with van der Waals surface area (Å²) >= 11 is 0. The minimum absolute atomic E-state index is 0.176. The second kappa shape index (κ2) is 8.89. The number of amides is 1. The van der Waals surface area contributed by atoms with Crippen LogP contribution in [-0.2, 0) is 20.5 Å². The topological polar surface area (TPSA) is 73.9 Å². The molecule has 0 radical (unpaired) electrons. The van der Waals surface area contributed by atoms with E-state index in [0.717, 1.165) is 18.2 Å². The molecular formula is C21H18F3NO5. The van der Waals surface area contributed by atoms with E-state index in [1.807, 2.05) is 0 Å². The van der Waals surface area contributed by atoms with Crippen LogP contribution in [0, 0.1) is 0 Å². The number of benzene rings is 2. The number of carbonyl (C=O) groups excluding carboxylic acids is 2. The summed E-state index contributed by atoms with van der Waals surface area (Å²) in [7, 11) is 0. The normalized spacial score (nSPS) is 14.3. The SMILES string of the molecule is CC(OC(=O)/C=C/c1cccc(C(F)(F)F)c1)C(=O)Nc1ccc2c(c1)OCCO2. The van der Waals surface area contributed by atoms with Gasteiger partial charge in [-0.1, -0.05) is 12.1 Å². The Hall–Kier alpha value is -3.49. The smallest absolute Gasteiger partial charge is 0.416 e. The lowest BCUT2D eigenvalue weighted by Crippen LogP contribution is -2.29. The van der Waals surface area contributed by atoms with Gasteiger partial charge in [-0.15, -0.1) is 0 Å². The maximum absolute atomic E-state index is 12.7. The summed E-state index contributed by atoms with van der Waals surface area (Å²) in [6.07, 6.45) is -3.46. The van der Waals surface area contributed by atoms with Crippen molar-refractivity contribution in [2.24, 2.45) is 0 Å². The number of nitrogens with one attached hydrogen (secondary N) is 1. The summed E-state index contributed by atoms with van der Waals surface area (Å²) in [4.78, 5) is 24.1. The molecule has 0 fully saturated rings. The van der Waals surface area contributed by atoms with Crippen molar-refractivity contribution >= 4 is 23.6 Å². The summed E-state index contributed by atoms with van der Waals surface area (Å²) in [5, 5.41) is 2.59. The van der Waals surface area contributed by atoms with Crippen LogP contribution in [0.15, 0.2) is 48.5 Å². The number of ether oxygens (including phenoxy) is 3. The summed E-state index contributed by atoms with van der Waals surface area (Å²) < 4.78 is 54.0. The van der Waals surface area contributed by atoms with Crippen molar-refractivity contribution in [3.8, 4) is 11.5 Å². The number of esters is 1. The first kappa shape index (κ1) is 21.2. The Morgan fingerprint density at radius 2 is 1.83 bits per heavy atom. The molecule has 1 heterocycles. The second-order valence-electron chi connectivity index (χ2n) is 6.38. The van der Waals surface area contributed by atoms with Crippen molar-refractivity contribution in [3.05, 3.63) is 59.7 Å². The first-order valence-corrected chi connectivity index (χ1v) is 8.99. The van der Waals surface area contributed by atoms with Crippen molar-refractivity contribution in [3.63, 3.8) is 0 Å². The lowest BCUT2D eigenvalue weighted by atomic mass is 10.1. The standard InChI is InChI=1S/C21H18F3NO5/c1-13(20(27)25-16-6-7-17-18(12-16)29-10-9-28-17)30-19(26)8-5-14-3-2-4-15(11-14)21(22,23)24/h2-8,11-13H,9-10H2,1H3,(H,25,27)/b8-5+. The number of hydrogen-bond donors (Lipinski definition) is 1. The Morgan fingerprint density at radius 3 is 2.57 bits per heavy atom. The van der Waals surface area contributed by atoms with E-state index < -0.39 is 29.7 Å². The van der Waals surface area contributed by atoms with Crippen LogP contribution < -0.4 is 14.8 Å². The molecule has 30 heavy (non-hydrogen) atoms. The van der Waals surface area contributed by atoms with E-state index in [9.17, 15) is 22.8 Å². The van der Waals surface area contributed by atoms with E-state index in [1.165, 1.54) is 25.1 Å². The van der Waals surface area contributed by atoms with Gasteiger partial charge in [-0.2, -0.15) is 13.2 Å². The van der Waals surface area contributed by atoms with Crippen LogP contribution in [0.5, 0.6) is 11.5 Å². The third-order valence-electron chi connectivity index (χ3n) is 4.10. The molecule has 0 spiro atoms. The molecule has 1 unspecified atom stereocenters. The molecule has 1 aliphatic heterocycles. The van der Waals surface area contributed by atoms with Gasteiger partial charge in [-0.25, -0.2) is 4.79 Å². The summed E-state index contributed by atoms with van der Waals surface area (Å²) in [5.74, 6) is -0.379. The largest absolute Gasteiger partial charge is 0.486 e. The van der Waals surface area contributed by atoms with E-state index in [-0.39, 0.29) is 5.56 Å². The molecule has 0 bridgehead atoms. The Kier molecular flexibility index (Phi) is 6.29. The van der Waals surface area contributed by atoms with Crippen molar-refractivity contribution in [2.45, 2.75) is 19.2 Å². The quantitative estimate of drug-likeness (QED) is 0.582. The zero-order valence-electron chi connectivity index (χ0n) is 15.9. The first-order valence-electron chi connectivity index (χ1n) is 8.99. The molecule has 158 valence electrons. The van der Waals surface area contributed by atoms with Crippen LogP contribution in [0.4, 0.5) is 18.9 Å². The highest BCUT2D eigenvalue weighted by Crippen LogP contribution is 2.32. The third kappa shape index (κ3) is 5.53. The fourth-order valence-corrected chi connectivity index (χ4v) is 2.61. The summed E-state index contributed by atoms with van der Waals surface area (Å²) in [6.45, 7) is 2.22. The molecule has 3 rings (SSSR count). The highest BCUT2D eigenvalue weighted by atomic mass is 19.4. The molecule has 1 amide bonds. The number of anilines is 1. The molecule has 1 aliphatic rings. The van der Waals surface area contributed by atoms with Gasteiger partial charge in [0.05, 0.1) is 5.56 Å². The van der Waals surface area contributed by atoms with Crippen LogP contribution in [0.3, 0.4) is 0 Å². The van der Waals surface area contributed by atoms with Gasteiger partial charge in [0.25, 0.3) is 5.91 Å². The lowest BCUT2D eigenvalue weighted by Gasteiger charge is -2.19. The van der Waals surface area contributed by atoms with Crippen LogP contribution in [-0.4, -0.2) is 31.2 Å². The average molecular weight is 421 g/mol. The Morgan fingerprint density at radius 1 is 1.10 bits per heavy atom. The minimum atomic E-state index is -4.48. The molecule has 0 saturated carbocycles. The van der Waals surface area contributed by atoms with Crippen LogP contribution in [0.25, 0.3) is 6.08 Å². The molecule has 1 atom stereocenters. The Balaban J connectivity index is 1.56. The predicted molar refractivity (Wildman–Crippen MR) is 102 cm³/mol. The highest BCUT2D eigenvalue weighted by Gasteiger charge is 2.30. The number of halogens is 3. The fraction of sp³-hybridized carbons (Fsp3) is 0.238.